The van der Waals surface area contributed by atoms with Crippen LogP contribution in [0.15, 0.2) is 0 Å². The normalized spacial score (nSPS) is 20.9. The van der Waals surface area contributed by atoms with Gasteiger partial charge >= 0.3 is 6.03 Å². The van der Waals surface area contributed by atoms with Crippen molar-refractivity contribution in [3.05, 3.63) is 0 Å². The van der Waals surface area contributed by atoms with Gasteiger partial charge in [0.2, 0.25) is 11.8 Å². The van der Waals surface area contributed by atoms with Gasteiger partial charge in [-0.25, -0.2) is 4.79 Å². The Kier molecular flexibility index (Phi) is 6.60. The van der Waals surface area contributed by atoms with E-state index < -0.39 is 6.03 Å². The summed E-state index contributed by atoms with van der Waals surface area (Å²) in [5.41, 5.74) is 0. The number of carbonyl (C=O) groups excluding carboxylic acids is 3. The van der Waals surface area contributed by atoms with Crippen molar-refractivity contribution in [3.63, 3.8) is 0 Å². The van der Waals surface area contributed by atoms with Gasteiger partial charge in [-0.1, -0.05) is 26.7 Å². The summed E-state index contributed by atoms with van der Waals surface area (Å²) in [4.78, 5) is 40.0. The predicted octanol–water partition coefficient (Wildman–Crippen LogP) is 0.944. The van der Waals surface area contributed by atoms with Crippen molar-refractivity contribution in [3.8, 4) is 0 Å². The second kappa shape index (κ2) is 8.46. The van der Waals surface area contributed by atoms with E-state index in [1.807, 2.05) is 23.6 Å². The highest BCUT2D eigenvalue weighted by molar-refractivity contribution is 5.96. The van der Waals surface area contributed by atoms with Gasteiger partial charge in [0.25, 0.3) is 0 Å². The number of hydrogen-bond acceptors (Lipinski definition) is 4. The summed E-state index contributed by atoms with van der Waals surface area (Å²) >= 11 is 0. The Hall–Kier alpha value is -1.63. The summed E-state index contributed by atoms with van der Waals surface area (Å²) in [6, 6.07) is -0.582. The molecule has 2 fully saturated rings. The van der Waals surface area contributed by atoms with E-state index in [1.54, 1.807) is 6.92 Å². The highest BCUT2D eigenvalue weighted by Crippen LogP contribution is 2.17. The van der Waals surface area contributed by atoms with E-state index >= 15 is 0 Å². The standard InChI is InChI=1S/C17H30N4O3/c1-12(2)16(23)21-10-8-20(9-11-21)13(3)15(22)19-17(24)18-14-6-4-5-7-14/h12-14H,4-11H2,1-3H3,(H2,18,19,22,24)/t13-/m0/s1. The Morgan fingerprint density at radius 2 is 1.54 bits per heavy atom. The average molecular weight is 338 g/mol. The van der Waals surface area contributed by atoms with Crippen LogP contribution in [-0.2, 0) is 9.59 Å². The van der Waals surface area contributed by atoms with E-state index in [0.29, 0.717) is 26.2 Å². The molecule has 24 heavy (non-hydrogen) atoms. The van der Waals surface area contributed by atoms with Gasteiger partial charge in [0.05, 0.1) is 6.04 Å². The average Bonchev–Trinajstić information content (AvgIpc) is 3.06. The van der Waals surface area contributed by atoms with Crippen molar-refractivity contribution >= 4 is 17.8 Å². The van der Waals surface area contributed by atoms with Crippen LogP contribution < -0.4 is 10.6 Å². The van der Waals surface area contributed by atoms with Crippen LogP contribution in [0.25, 0.3) is 0 Å². The third-order valence-electron chi connectivity index (χ3n) is 4.97. The fourth-order valence-corrected chi connectivity index (χ4v) is 3.37. The van der Waals surface area contributed by atoms with Gasteiger partial charge in [-0.3, -0.25) is 19.8 Å². The second-order valence-electron chi connectivity index (χ2n) is 7.14. The topological polar surface area (TPSA) is 81.8 Å². The zero-order valence-corrected chi connectivity index (χ0v) is 15.0. The van der Waals surface area contributed by atoms with E-state index in [9.17, 15) is 14.4 Å². The summed E-state index contributed by atoms with van der Waals surface area (Å²) < 4.78 is 0. The Balaban J connectivity index is 1.75. The Labute approximate surface area is 144 Å². The minimum atomic E-state index is -0.396. The third-order valence-corrected chi connectivity index (χ3v) is 4.97. The Morgan fingerprint density at radius 1 is 0.958 bits per heavy atom. The summed E-state index contributed by atoms with van der Waals surface area (Å²) in [7, 11) is 0. The molecule has 1 aliphatic heterocycles. The molecule has 0 radical (unpaired) electrons. The summed E-state index contributed by atoms with van der Waals surface area (Å²) in [6.45, 7) is 8.15. The van der Waals surface area contributed by atoms with E-state index in [0.717, 1.165) is 25.7 Å². The number of nitrogens with zero attached hydrogens (tertiary/aromatic N) is 2. The third kappa shape index (κ3) is 4.93. The molecular weight excluding hydrogens is 308 g/mol. The lowest BCUT2D eigenvalue weighted by molar-refractivity contribution is -0.137. The van der Waals surface area contributed by atoms with Crippen molar-refractivity contribution in [2.75, 3.05) is 26.2 Å². The molecule has 4 amide bonds. The number of carbonyl (C=O) groups is 3. The highest BCUT2D eigenvalue weighted by Gasteiger charge is 2.29. The monoisotopic (exact) mass is 338 g/mol. The molecule has 0 aromatic carbocycles. The Morgan fingerprint density at radius 3 is 2.08 bits per heavy atom. The molecule has 1 heterocycles. The SMILES string of the molecule is CC(C)C(=O)N1CCN([C@@H](C)C(=O)NC(=O)NC2CCCC2)CC1. The molecule has 0 spiro atoms. The number of amides is 4. The van der Waals surface area contributed by atoms with Gasteiger partial charge in [0, 0.05) is 38.1 Å². The van der Waals surface area contributed by atoms with Crippen LogP contribution in [-0.4, -0.2) is 65.9 Å². The molecule has 0 unspecified atom stereocenters. The maximum atomic E-state index is 12.3. The minimum Gasteiger partial charge on any atom is -0.340 e. The van der Waals surface area contributed by atoms with Gasteiger partial charge in [-0.15, -0.1) is 0 Å². The second-order valence-corrected chi connectivity index (χ2v) is 7.14. The summed E-state index contributed by atoms with van der Waals surface area (Å²) in [6.07, 6.45) is 4.25. The fourth-order valence-electron chi connectivity index (χ4n) is 3.37. The predicted molar refractivity (Wildman–Crippen MR) is 91.4 cm³/mol. The first-order valence-corrected chi connectivity index (χ1v) is 9.02. The van der Waals surface area contributed by atoms with Gasteiger partial charge < -0.3 is 10.2 Å². The molecule has 2 rings (SSSR count). The van der Waals surface area contributed by atoms with Crippen molar-refractivity contribution < 1.29 is 14.4 Å². The molecule has 136 valence electrons. The van der Waals surface area contributed by atoms with Crippen LogP contribution in [0.5, 0.6) is 0 Å². The molecule has 7 nitrogen and oxygen atoms in total. The van der Waals surface area contributed by atoms with Gasteiger partial charge in [0.15, 0.2) is 0 Å². The highest BCUT2D eigenvalue weighted by atomic mass is 16.2. The maximum absolute atomic E-state index is 12.3. The lowest BCUT2D eigenvalue weighted by atomic mass is 10.1. The van der Waals surface area contributed by atoms with Crippen LogP contribution in [0.4, 0.5) is 4.79 Å². The van der Waals surface area contributed by atoms with Gasteiger partial charge in [-0.05, 0) is 19.8 Å². The van der Waals surface area contributed by atoms with E-state index in [2.05, 4.69) is 10.6 Å². The summed E-state index contributed by atoms with van der Waals surface area (Å²) in [5.74, 6) is -0.131. The number of hydrogen-bond donors (Lipinski definition) is 2. The number of urea groups is 1. The zero-order valence-electron chi connectivity index (χ0n) is 15.0. The first kappa shape index (κ1) is 18.7. The lowest BCUT2D eigenvalue weighted by Crippen LogP contribution is -2.57. The van der Waals surface area contributed by atoms with E-state index in [4.69, 9.17) is 0 Å². The molecule has 0 aromatic heterocycles. The van der Waals surface area contributed by atoms with Crippen molar-refractivity contribution in [2.45, 2.75) is 58.5 Å². The Bertz CT molecular complexity index is 466. The zero-order chi connectivity index (χ0) is 17.7. The van der Waals surface area contributed by atoms with Crippen LogP contribution >= 0.6 is 0 Å². The van der Waals surface area contributed by atoms with Crippen LogP contribution in [0.2, 0.25) is 0 Å². The van der Waals surface area contributed by atoms with Crippen LogP contribution in [0, 0.1) is 5.92 Å². The number of nitrogens with one attached hydrogen (secondary N) is 2. The quantitative estimate of drug-likeness (QED) is 0.799. The molecule has 1 atom stereocenters. The minimum absolute atomic E-state index is 0.00319. The molecule has 0 aromatic rings. The molecule has 2 N–H and O–H groups in total. The van der Waals surface area contributed by atoms with Crippen LogP contribution in [0.1, 0.15) is 46.5 Å². The van der Waals surface area contributed by atoms with Crippen molar-refractivity contribution in [1.82, 2.24) is 20.4 Å². The molecule has 2 aliphatic rings. The number of piperazine rings is 1. The fraction of sp³-hybridized carbons (Fsp3) is 0.824. The maximum Gasteiger partial charge on any atom is 0.321 e. The number of rotatable bonds is 4. The summed E-state index contributed by atoms with van der Waals surface area (Å²) in [5, 5.41) is 5.30. The molecule has 7 heteroatoms. The van der Waals surface area contributed by atoms with Gasteiger partial charge in [-0.2, -0.15) is 0 Å². The molecule has 0 bridgehead atoms. The molecule has 1 saturated carbocycles. The smallest absolute Gasteiger partial charge is 0.321 e. The number of imide groups is 1. The first-order valence-electron chi connectivity index (χ1n) is 9.02. The van der Waals surface area contributed by atoms with Gasteiger partial charge in [0.1, 0.15) is 0 Å². The first-order chi connectivity index (χ1) is 11.4. The van der Waals surface area contributed by atoms with E-state index in [-0.39, 0.29) is 29.8 Å². The van der Waals surface area contributed by atoms with E-state index in [1.165, 1.54) is 0 Å². The molecule has 1 saturated heterocycles. The molecular formula is C17H30N4O3. The van der Waals surface area contributed by atoms with Crippen molar-refractivity contribution in [1.29, 1.82) is 0 Å². The molecule has 1 aliphatic carbocycles. The van der Waals surface area contributed by atoms with Crippen LogP contribution in [0.3, 0.4) is 0 Å². The largest absolute Gasteiger partial charge is 0.340 e. The van der Waals surface area contributed by atoms with Crippen molar-refractivity contribution in [2.24, 2.45) is 5.92 Å². The lowest BCUT2D eigenvalue weighted by Gasteiger charge is -2.38.